The zero-order chi connectivity index (χ0) is 21.4. The second-order valence-electron chi connectivity index (χ2n) is 7.28. The van der Waals surface area contributed by atoms with Gasteiger partial charge in [-0.25, -0.2) is 4.68 Å². The lowest BCUT2D eigenvalue weighted by Gasteiger charge is -2.23. The summed E-state index contributed by atoms with van der Waals surface area (Å²) in [7, 11) is 0. The van der Waals surface area contributed by atoms with E-state index in [0.29, 0.717) is 27.9 Å². The number of nitrogens with one attached hydrogen (secondary N) is 1. The standard InChI is InChI=1S/C21H18ClN5O4/c22-21-15-12-23-26(20-6-1-2-9-30-20)17(15)8-7-16(21)24-19-11-18(31-25-19)13-4-3-5-14(10-13)27(28)29/h3-5,7-8,10-12,20H,1-2,6,9H2,(H,24,25). The van der Waals surface area contributed by atoms with Crippen molar-refractivity contribution in [3.63, 3.8) is 0 Å². The number of hydrogen-bond acceptors (Lipinski definition) is 7. The Morgan fingerprint density at radius 1 is 1.23 bits per heavy atom. The number of non-ortho nitro benzene ring substituents is 1. The fraction of sp³-hybridized carbons (Fsp3) is 0.238. The Bertz CT molecular complexity index is 1260. The van der Waals surface area contributed by atoms with Crippen molar-refractivity contribution in [2.24, 2.45) is 0 Å². The summed E-state index contributed by atoms with van der Waals surface area (Å²) >= 11 is 6.63. The van der Waals surface area contributed by atoms with Gasteiger partial charge in [0.1, 0.15) is 0 Å². The van der Waals surface area contributed by atoms with E-state index in [4.69, 9.17) is 20.9 Å². The number of anilines is 2. The lowest BCUT2D eigenvalue weighted by Crippen LogP contribution is -2.18. The predicted molar refractivity (Wildman–Crippen MR) is 115 cm³/mol. The van der Waals surface area contributed by atoms with Crippen LogP contribution in [-0.2, 0) is 4.74 Å². The first-order valence-corrected chi connectivity index (χ1v) is 10.2. The van der Waals surface area contributed by atoms with E-state index < -0.39 is 4.92 Å². The number of halogens is 1. The molecular weight excluding hydrogens is 422 g/mol. The topological polar surface area (TPSA) is 108 Å². The highest BCUT2D eigenvalue weighted by Gasteiger charge is 2.20. The smallest absolute Gasteiger partial charge is 0.270 e. The minimum atomic E-state index is -0.452. The molecule has 3 heterocycles. The first-order chi connectivity index (χ1) is 15.1. The summed E-state index contributed by atoms with van der Waals surface area (Å²) in [5.74, 6) is 0.844. The van der Waals surface area contributed by atoms with Gasteiger partial charge in [0.25, 0.3) is 5.69 Å². The van der Waals surface area contributed by atoms with Gasteiger partial charge in [0, 0.05) is 35.8 Å². The number of hydrogen-bond donors (Lipinski definition) is 1. The summed E-state index contributed by atoms with van der Waals surface area (Å²) in [5.41, 5.74) is 2.10. The predicted octanol–water partition coefficient (Wildman–Crippen LogP) is 5.70. The Labute approximate surface area is 181 Å². The van der Waals surface area contributed by atoms with Gasteiger partial charge in [0.15, 0.2) is 17.8 Å². The van der Waals surface area contributed by atoms with Crippen molar-refractivity contribution in [2.75, 3.05) is 11.9 Å². The first kappa shape index (κ1) is 19.5. The maximum Gasteiger partial charge on any atom is 0.270 e. The van der Waals surface area contributed by atoms with Gasteiger partial charge in [0.2, 0.25) is 0 Å². The van der Waals surface area contributed by atoms with E-state index in [0.717, 1.165) is 36.8 Å². The third-order valence-corrected chi connectivity index (χ3v) is 5.66. The molecule has 0 aliphatic carbocycles. The van der Waals surface area contributed by atoms with Crippen molar-refractivity contribution in [3.8, 4) is 11.3 Å². The van der Waals surface area contributed by atoms with Gasteiger partial charge in [-0.1, -0.05) is 28.9 Å². The summed E-state index contributed by atoms with van der Waals surface area (Å²) < 4.78 is 13.1. The van der Waals surface area contributed by atoms with Crippen molar-refractivity contribution in [2.45, 2.75) is 25.5 Å². The van der Waals surface area contributed by atoms with Crippen LogP contribution < -0.4 is 5.32 Å². The lowest BCUT2D eigenvalue weighted by atomic mass is 10.1. The minimum absolute atomic E-state index is 0.0177. The van der Waals surface area contributed by atoms with Crippen LogP contribution in [0.5, 0.6) is 0 Å². The Balaban J connectivity index is 1.40. The molecule has 4 aromatic rings. The minimum Gasteiger partial charge on any atom is -0.356 e. The SMILES string of the molecule is O=[N+]([O-])c1cccc(-c2cc(Nc3ccc4c(cnn4C4CCCCO4)c3Cl)no2)c1. The van der Waals surface area contributed by atoms with Crippen LogP contribution in [0.1, 0.15) is 25.5 Å². The number of nitrogens with zero attached hydrogens (tertiary/aromatic N) is 4. The van der Waals surface area contributed by atoms with Crippen LogP contribution in [0.2, 0.25) is 5.02 Å². The van der Waals surface area contributed by atoms with Crippen LogP contribution in [0, 0.1) is 10.1 Å². The van der Waals surface area contributed by atoms with Crippen molar-refractivity contribution in [1.82, 2.24) is 14.9 Å². The van der Waals surface area contributed by atoms with Crippen molar-refractivity contribution >= 4 is 39.7 Å². The van der Waals surface area contributed by atoms with Gasteiger partial charge < -0.3 is 14.6 Å². The number of aromatic nitrogens is 3. The fourth-order valence-corrected chi connectivity index (χ4v) is 3.97. The Hall–Kier alpha value is -3.43. The van der Waals surface area contributed by atoms with Crippen molar-refractivity contribution < 1.29 is 14.2 Å². The molecule has 1 saturated heterocycles. The summed E-state index contributed by atoms with van der Waals surface area (Å²) in [6.45, 7) is 0.735. The molecule has 1 aliphatic heterocycles. The zero-order valence-corrected chi connectivity index (χ0v) is 17.1. The fourth-order valence-electron chi connectivity index (χ4n) is 3.71. The van der Waals surface area contributed by atoms with Gasteiger partial charge in [-0.15, -0.1) is 0 Å². The average Bonchev–Trinajstić information content (AvgIpc) is 3.44. The highest BCUT2D eigenvalue weighted by molar-refractivity contribution is 6.38. The molecule has 5 rings (SSSR count). The van der Waals surface area contributed by atoms with Crippen LogP contribution in [0.15, 0.2) is 53.2 Å². The van der Waals surface area contributed by atoms with E-state index in [2.05, 4.69) is 15.6 Å². The third kappa shape index (κ3) is 3.73. The number of ether oxygens (including phenoxy) is 1. The molecule has 0 radical (unpaired) electrons. The van der Waals surface area contributed by atoms with E-state index in [9.17, 15) is 10.1 Å². The van der Waals surface area contributed by atoms with Crippen LogP contribution in [0.3, 0.4) is 0 Å². The summed E-state index contributed by atoms with van der Waals surface area (Å²) in [6, 6.07) is 11.6. The van der Waals surface area contributed by atoms with Crippen LogP contribution in [0.25, 0.3) is 22.2 Å². The summed E-state index contributed by atoms with van der Waals surface area (Å²) in [5, 5.41) is 24.0. The average molecular weight is 440 g/mol. The normalized spacial score (nSPS) is 16.5. The molecule has 10 heteroatoms. The van der Waals surface area contributed by atoms with E-state index >= 15 is 0 Å². The highest BCUT2D eigenvalue weighted by atomic mass is 35.5. The molecule has 0 amide bonds. The molecule has 158 valence electrons. The molecule has 0 bridgehead atoms. The molecule has 0 saturated carbocycles. The van der Waals surface area contributed by atoms with Crippen LogP contribution >= 0.6 is 11.6 Å². The maximum atomic E-state index is 11.0. The van der Waals surface area contributed by atoms with Gasteiger partial charge in [-0.2, -0.15) is 5.10 Å². The molecule has 2 aromatic carbocycles. The van der Waals surface area contributed by atoms with Crippen molar-refractivity contribution in [3.05, 3.63) is 63.8 Å². The van der Waals surface area contributed by atoms with Crippen molar-refractivity contribution in [1.29, 1.82) is 0 Å². The van der Waals surface area contributed by atoms with Crippen LogP contribution in [0.4, 0.5) is 17.2 Å². The molecule has 1 atom stereocenters. The third-order valence-electron chi connectivity index (χ3n) is 5.26. The quantitative estimate of drug-likeness (QED) is 0.314. The van der Waals surface area contributed by atoms with E-state index in [1.807, 2.05) is 16.8 Å². The Morgan fingerprint density at radius 2 is 2.13 bits per heavy atom. The van der Waals surface area contributed by atoms with Gasteiger partial charge >= 0.3 is 0 Å². The first-order valence-electron chi connectivity index (χ1n) is 9.86. The number of benzene rings is 2. The lowest BCUT2D eigenvalue weighted by molar-refractivity contribution is -0.384. The highest BCUT2D eigenvalue weighted by Crippen LogP contribution is 2.36. The van der Waals surface area contributed by atoms with E-state index in [1.165, 1.54) is 12.1 Å². The Morgan fingerprint density at radius 3 is 2.94 bits per heavy atom. The van der Waals surface area contributed by atoms with Gasteiger partial charge in [0.05, 0.1) is 27.3 Å². The van der Waals surface area contributed by atoms with Gasteiger partial charge in [-0.3, -0.25) is 10.1 Å². The zero-order valence-electron chi connectivity index (χ0n) is 16.3. The summed E-state index contributed by atoms with van der Waals surface area (Å²) in [4.78, 5) is 10.5. The molecule has 31 heavy (non-hydrogen) atoms. The molecule has 1 fully saturated rings. The molecular formula is C21H18ClN5O4. The molecule has 1 aliphatic rings. The summed E-state index contributed by atoms with van der Waals surface area (Å²) in [6.07, 6.45) is 4.76. The van der Waals surface area contributed by atoms with Crippen LogP contribution in [-0.4, -0.2) is 26.5 Å². The molecule has 2 aromatic heterocycles. The second-order valence-corrected chi connectivity index (χ2v) is 7.66. The molecule has 9 nitrogen and oxygen atoms in total. The largest absolute Gasteiger partial charge is 0.356 e. The Kier molecular flexibility index (Phi) is 5.05. The molecule has 1 N–H and O–H groups in total. The maximum absolute atomic E-state index is 11.0. The number of nitro groups is 1. The van der Waals surface area contributed by atoms with Gasteiger partial charge in [-0.05, 0) is 31.4 Å². The number of fused-ring (bicyclic) bond motifs is 1. The molecule has 0 spiro atoms. The number of nitro benzene ring substituents is 1. The number of rotatable bonds is 5. The second kappa shape index (κ2) is 8.01. The van der Waals surface area contributed by atoms with E-state index in [-0.39, 0.29) is 11.9 Å². The monoisotopic (exact) mass is 439 g/mol. The van der Waals surface area contributed by atoms with E-state index in [1.54, 1.807) is 24.4 Å². The molecule has 1 unspecified atom stereocenters.